The molecule has 1 N–H and O–H groups in total. The summed E-state index contributed by atoms with van der Waals surface area (Å²) in [6.45, 7) is 3.21. The molecule has 6 nitrogen and oxygen atoms in total. The van der Waals surface area contributed by atoms with Gasteiger partial charge in [0.05, 0.1) is 12.2 Å². The van der Waals surface area contributed by atoms with Gasteiger partial charge in [0.15, 0.2) is 0 Å². The molecule has 1 aromatic carbocycles. The first-order valence-electron chi connectivity index (χ1n) is 8.42. The highest BCUT2D eigenvalue weighted by molar-refractivity contribution is 7.17. The van der Waals surface area contributed by atoms with Crippen LogP contribution in [0.3, 0.4) is 0 Å². The van der Waals surface area contributed by atoms with Crippen molar-refractivity contribution in [2.75, 3.05) is 11.9 Å². The van der Waals surface area contributed by atoms with Gasteiger partial charge in [-0.25, -0.2) is 4.79 Å². The summed E-state index contributed by atoms with van der Waals surface area (Å²) < 4.78 is 10.3. The lowest BCUT2D eigenvalue weighted by atomic mass is 10.1. The molecular formula is C20H17NO5S2. The van der Waals surface area contributed by atoms with Gasteiger partial charge in [-0.1, -0.05) is 18.2 Å². The molecule has 0 aliphatic heterocycles. The van der Waals surface area contributed by atoms with E-state index in [1.54, 1.807) is 25.1 Å². The lowest BCUT2D eigenvalue weighted by molar-refractivity contribution is -0.131. The molecule has 0 radical (unpaired) electrons. The van der Waals surface area contributed by atoms with Gasteiger partial charge in [0.1, 0.15) is 16.3 Å². The summed E-state index contributed by atoms with van der Waals surface area (Å²) in [5.41, 5.74) is 1.22. The van der Waals surface area contributed by atoms with Gasteiger partial charge in [0.25, 0.3) is 5.91 Å². The Balaban J connectivity index is 1.96. The molecule has 2 heterocycles. The summed E-state index contributed by atoms with van der Waals surface area (Å²) in [5, 5.41) is 6.86. The van der Waals surface area contributed by atoms with Gasteiger partial charge in [-0.3, -0.25) is 9.59 Å². The Labute approximate surface area is 169 Å². The van der Waals surface area contributed by atoms with Crippen molar-refractivity contribution in [3.8, 4) is 16.2 Å². The van der Waals surface area contributed by atoms with Gasteiger partial charge in [0.2, 0.25) is 0 Å². The summed E-state index contributed by atoms with van der Waals surface area (Å²) in [5.74, 6) is -1.36. The number of hydrogen-bond acceptors (Lipinski definition) is 7. The SMILES string of the molecule is CCOC(=O)c1c(-c2cccs2)csc1NC(=O)c1ccccc1OC(C)=O. The molecule has 8 heteroatoms. The average Bonchev–Trinajstić information content (AvgIpc) is 3.31. The van der Waals surface area contributed by atoms with Crippen LogP contribution in [-0.2, 0) is 9.53 Å². The van der Waals surface area contributed by atoms with Gasteiger partial charge < -0.3 is 14.8 Å². The largest absolute Gasteiger partial charge is 0.462 e. The molecule has 1 amide bonds. The minimum absolute atomic E-state index is 0.153. The normalized spacial score (nSPS) is 10.4. The zero-order valence-corrected chi connectivity index (χ0v) is 16.8. The van der Waals surface area contributed by atoms with Crippen LogP contribution in [0, 0.1) is 0 Å². The number of amides is 1. The van der Waals surface area contributed by atoms with Crippen molar-refractivity contribution < 1.29 is 23.9 Å². The van der Waals surface area contributed by atoms with Crippen molar-refractivity contribution in [3.63, 3.8) is 0 Å². The van der Waals surface area contributed by atoms with Crippen molar-refractivity contribution in [1.29, 1.82) is 0 Å². The quantitative estimate of drug-likeness (QED) is 0.461. The van der Waals surface area contributed by atoms with E-state index < -0.39 is 17.8 Å². The highest BCUT2D eigenvalue weighted by Crippen LogP contribution is 2.38. The van der Waals surface area contributed by atoms with Crippen LogP contribution in [0.15, 0.2) is 47.2 Å². The zero-order chi connectivity index (χ0) is 20.1. The Morgan fingerprint density at radius 3 is 2.54 bits per heavy atom. The fraction of sp³-hybridized carbons (Fsp3) is 0.150. The first kappa shape index (κ1) is 19.8. The molecular weight excluding hydrogens is 398 g/mol. The van der Waals surface area contributed by atoms with E-state index in [0.717, 1.165) is 4.88 Å². The van der Waals surface area contributed by atoms with E-state index in [4.69, 9.17) is 9.47 Å². The number of ether oxygens (including phenoxy) is 2. The van der Waals surface area contributed by atoms with E-state index in [1.165, 1.54) is 35.7 Å². The number of rotatable bonds is 6. The van der Waals surface area contributed by atoms with Crippen LogP contribution < -0.4 is 10.1 Å². The van der Waals surface area contributed by atoms with Crippen LogP contribution >= 0.6 is 22.7 Å². The maximum Gasteiger partial charge on any atom is 0.341 e. The van der Waals surface area contributed by atoms with Crippen LogP contribution in [0.2, 0.25) is 0 Å². The van der Waals surface area contributed by atoms with Crippen molar-refractivity contribution in [1.82, 2.24) is 0 Å². The maximum absolute atomic E-state index is 12.8. The highest BCUT2D eigenvalue weighted by Gasteiger charge is 2.24. The van der Waals surface area contributed by atoms with E-state index in [9.17, 15) is 14.4 Å². The first-order valence-corrected chi connectivity index (χ1v) is 10.2. The Hall–Kier alpha value is -2.97. The van der Waals surface area contributed by atoms with Gasteiger partial charge in [-0.05, 0) is 30.5 Å². The van der Waals surface area contributed by atoms with Crippen molar-refractivity contribution >= 4 is 45.5 Å². The summed E-state index contributed by atoms with van der Waals surface area (Å²) in [6, 6.07) is 10.2. The van der Waals surface area contributed by atoms with Crippen molar-refractivity contribution in [2.24, 2.45) is 0 Å². The topological polar surface area (TPSA) is 81.7 Å². The summed E-state index contributed by atoms with van der Waals surface area (Å²) in [7, 11) is 0. The Morgan fingerprint density at radius 2 is 1.86 bits per heavy atom. The van der Waals surface area contributed by atoms with Crippen LogP contribution in [0.1, 0.15) is 34.6 Å². The number of carbonyl (C=O) groups excluding carboxylic acids is 3. The number of benzene rings is 1. The number of anilines is 1. The third-order valence-electron chi connectivity index (χ3n) is 3.67. The number of hydrogen-bond donors (Lipinski definition) is 1. The molecule has 3 rings (SSSR count). The number of esters is 2. The van der Waals surface area contributed by atoms with Crippen LogP contribution in [0.4, 0.5) is 5.00 Å². The molecule has 0 unspecified atom stereocenters. The van der Waals surface area contributed by atoms with Crippen LogP contribution in [0.25, 0.3) is 10.4 Å². The smallest absolute Gasteiger partial charge is 0.341 e. The Morgan fingerprint density at radius 1 is 1.07 bits per heavy atom. The molecule has 0 spiro atoms. The lowest BCUT2D eigenvalue weighted by Crippen LogP contribution is -2.16. The van der Waals surface area contributed by atoms with E-state index in [-0.39, 0.29) is 17.9 Å². The van der Waals surface area contributed by atoms with Gasteiger partial charge in [0, 0.05) is 22.7 Å². The average molecular weight is 415 g/mol. The van der Waals surface area contributed by atoms with E-state index in [1.807, 2.05) is 22.9 Å². The molecule has 0 saturated heterocycles. The van der Waals surface area contributed by atoms with Crippen molar-refractivity contribution in [2.45, 2.75) is 13.8 Å². The molecule has 3 aromatic rings. The predicted molar refractivity (Wildman–Crippen MR) is 109 cm³/mol. The minimum Gasteiger partial charge on any atom is -0.462 e. The van der Waals surface area contributed by atoms with Crippen molar-refractivity contribution in [3.05, 3.63) is 58.3 Å². The number of para-hydroxylation sites is 1. The molecule has 0 fully saturated rings. The Kier molecular flexibility index (Phi) is 6.23. The summed E-state index contributed by atoms with van der Waals surface area (Å²) >= 11 is 2.73. The van der Waals surface area contributed by atoms with E-state index >= 15 is 0 Å². The van der Waals surface area contributed by atoms with Gasteiger partial charge >= 0.3 is 11.9 Å². The standard InChI is InChI=1S/C20H17NO5S2/c1-3-25-20(24)17-14(16-9-6-10-27-16)11-28-19(17)21-18(23)13-7-4-5-8-15(13)26-12(2)22/h4-11H,3H2,1-2H3,(H,21,23). The monoisotopic (exact) mass is 415 g/mol. The Bertz CT molecular complexity index is 1010. The number of carbonyl (C=O) groups is 3. The maximum atomic E-state index is 12.8. The van der Waals surface area contributed by atoms with E-state index in [0.29, 0.717) is 16.1 Å². The summed E-state index contributed by atoms with van der Waals surface area (Å²) in [4.78, 5) is 37.5. The molecule has 28 heavy (non-hydrogen) atoms. The molecule has 0 aliphatic carbocycles. The lowest BCUT2D eigenvalue weighted by Gasteiger charge is -2.10. The second-order valence-electron chi connectivity index (χ2n) is 5.60. The second kappa shape index (κ2) is 8.81. The fourth-order valence-corrected chi connectivity index (χ4v) is 4.30. The van der Waals surface area contributed by atoms with Gasteiger partial charge in [-0.15, -0.1) is 22.7 Å². The molecule has 0 atom stereocenters. The van der Waals surface area contributed by atoms with Crippen LogP contribution in [0.5, 0.6) is 5.75 Å². The predicted octanol–water partition coefficient (Wildman–Crippen LogP) is 4.83. The number of thiophene rings is 2. The second-order valence-corrected chi connectivity index (χ2v) is 7.42. The number of nitrogens with one attached hydrogen (secondary N) is 1. The minimum atomic E-state index is -0.524. The summed E-state index contributed by atoms with van der Waals surface area (Å²) in [6.07, 6.45) is 0. The third kappa shape index (κ3) is 4.29. The van der Waals surface area contributed by atoms with Crippen LogP contribution in [-0.4, -0.2) is 24.5 Å². The van der Waals surface area contributed by atoms with E-state index in [2.05, 4.69) is 5.32 Å². The van der Waals surface area contributed by atoms with Gasteiger partial charge in [-0.2, -0.15) is 0 Å². The highest BCUT2D eigenvalue weighted by atomic mass is 32.1. The molecule has 144 valence electrons. The zero-order valence-electron chi connectivity index (χ0n) is 15.2. The fourth-order valence-electron chi connectivity index (χ4n) is 2.54. The molecule has 0 aliphatic rings. The molecule has 0 saturated carbocycles. The molecule has 0 bridgehead atoms. The first-order chi connectivity index (χ1) is 13.5. The third-order valence-corrected chi connectivity index (χ3v) is 5.47. The molecule has 2 aromatic heterocycles.